The summed E-state index contributed by atoms with van der Waals surface area (Å²) >= 11 is 0. The zero-order chi connectivity index (χ0) is 16.2. The number of rotatable bonds is 4. The highest BCUT2D eigenvalue weighted by atomic mass is 16.7. The lowest BCUT2D eigenvalue weighted by Crippen LogP contribution is -2.29. The third-order valence-electron chi connectivity index (χ3n) is 3.23. The molecule has 0 radical (unpaired) electrons. The van der Waals surface area contributed by atoms with E-state index in [0.717, 1.165) is 0 Å². The minimum Gasteiger partial charge on any atom is -0.454 e. The van der Waals surface area contributed by atoms with Crippen LogP contribution in [0.2, 0.25) is 0 Å². The third kappa shape index (κ3) is 2.96. The highest BCUT2D eigenvalue weighted by Gasteiger charge is 2.29. The maximum atomic E-state index is 12.4. The van der Waals surface area contributed by atoms with E-state index in [1.807, 2.05) is 0 Å². The van der Waals surface area contributed by atoms with Crippen molar-refractivity contribution in [2.24, 2.45) is 5.92 Å². The van der Waals surface area contributed by atoms with Crippen LogP contribution in [0.5, 0.6) is 11.5 Å². The van der Waals surface area contributed by atoms with Crippen LogP contribution < -0.4 is 14.8 Å². The molecule has 1 atom stereocenters. The van der Waals surface area contributed by atoms with Gasteiger partial charge < -0.3 is 14.8 Å². The van der Waals surface area contributed by atoms with Crippen molar-refractivity contribution in [2.75, 3.05) is 12.1 Å². The Hall–Kier alpha value is -3.40. The number of benzene rings is 1. The molecule has 2 heterocycles. The monoisotopic (exact) mass is 309 g/mol. The Balaban J connectivity index is 1.79. The van der Waals surface area contributed by atoms with Crippen molar-refractivity contribution in [3.8, 4) is 17.6 Å². The molecule has 7 heteroatoms. The van der Waals surface area contributed by atoms with Gasteiger partial charge in [-0.15, -0.1) is 0 Å². The molecule has 0 saturated carbocycles. The molecule has 1 N–H and O–H groups in total. The molecule has 0 bridgehead atoms. The molecule has 1 amide bonds. The lowest BCUT2D eigenvalue weighted by atomic mass is 9.97. The Morgan fingerprint density at radius 2 is 2.04 bits per heavy atom. The number of anilines is 1. The number of nitrogens with zero attached hydrogens (tertiary/aromatic N) is 2. The number of nitrogens with one attached hydrogen (secondary N) is 1. The molecule has 3 rings (SSSR count). The number of pyridine rings is 1. The molecular weight excluding hydrogens is 298 g/mol. The van der Waals surface area contributed by atoms with Gasteiger partial charge in [0.1, 0.15) is 5.82 Å². The van der Waals surface area contributed by atoms with Crippen molar-refractivity contribution < 1.29 is 19.1 Å². The largest absolute Gasteiger partial charge is 0.454 e. The molecule has 0 aliphatic carbocycles. The molecule has 0 fully saturated rings. The van der Waals surface area contributed by atoms with Crippen LogP contribution in [0.1, 0.15) is 10.4 Å². The van der Waals surface area contributed by atoms with Crippen molar-refractivity contribution in [3.05, 3.63) is 48.2 Å². The van der Waals surface area contributed by atoms with Gasteiger partial charge in [-0.05, 0) is 30.3 Å². The standard InChI is InChI=1S/C16H11N3O4/c17-8-11(16(21)19-14-3-1-2-6-18-14)15(20)10-4-5-12-13(7-10)23-9-22-12/h1-7,11H,9H2,(H,18,19,21)/t11-/m0/s1. The number of Topliss-reactive ketones (excluding diaryl/α,β-unsaturated/α-hetero) is 1. The lowest BCUT2D eigenvalue weighted by Gasteiger charge is -2.09. The number of carbonyl (C=O) groups excluding carboxylic acids is 2. The Labute approximate surface area is 131 Å². The second-order valence-electron chi connectivity index (χ2n) is 4.70. The number of fused-ring (bicyclic) bond motifs is 1. The minimum absolute atomic E-state index is 0.0782. The maximum Gasteiger partial charge on any atom is 0.250 e. The molecule has 0 spiro atoms. The SMILES string of the molecule is N#C[C@H](C(=O)Nc1ccccn1)C(=O)c1ccc2c(c1)OCO2. The van der Waals surface area contributed by atoms with E-state index in [-0.39, 0.29) is 18.2 Å². The maximum absolute atomic E-state index is 12.4. The molecule has 0 unspecified atom stereocenters. The fraction of sp³-hybridized carbons (Fsp3) is 0.125. The van der Waals surface area contributed by atoms with Gasteiger partial charge >= 0.3 is 0 Å². The van der Waals surface area contributed by atoms with Gasteiger partial charge in [0.2, 0.25) is 6.79 Å². The smallest absolute Gasteiger partial charge is 0.250 e. The fourth-order valence-electron chi connectivity index (χ4n) is 2.09. The highest BCUT2D eigenvalue weighted by Crippen LogP contribution is 2.33. The van der Waals surface area contributed by atoms with Crippen LogP contribution in [0.15, 0.2) is 42.6 Å². The number of aromatic nitrogens is 1. The van der Waals surface area contributed by atoms with Crippen molar-refractivity contribution in [1.29, 1.82) is 5.26 Å². The Morgan fingerprint density at radius 1 is 1.22 bits per heavy atom. The average Bonchev–Trinajstić information content (AvgIpc) is 3.04. The predicted molar refractivity (Wildman–Crippen MR) is 78.9 cm³/mol. The summed E-state index contributed by atoms with van der Waals surface area (Å²) in [6.45, 7) is 0.0782. The second-order valence-corrected chi connectivity index (χ2v) is 4.70. The first-order valence-electron chi connectivity index (χ1n) is 6.74. The van der Waals surface area contributed by atoms with Gasteiger partial charge in [0, 0.05) is 11.8 Å². The van der Waals surface area contributed by atoms with E-state index < -0.39 is 17.6 Å². The Morgan fingerprint density at radius 3 is 2.78 bits per heavy atom. The molecule has 1 aromatic carbocycles. The number of nitriles is 1. The summed E-state index contributed by atoms with van der Waals surface area (Å²) in [5.74, 6) is -1.60. The van der Waals surface area contributed by atoms with E-state index in [1.54, 1.807) is 30.3 Å². The lowest BCUT2D eigenvalue weighted by molar-refractivity contribution is -0.117. The van der Waals surface area contributed by atoms with E-state index in [2.05, 4.69) is 10.3 Å². The summed E-state index contributed by atoms with van der Waals surface area (Å²) in [4.78, 5) is 28.5. The number of amides is 1. The van der Waals surface area contributed by atoms with E-state index >= 15 is 0 Å². The molecule has 1 aromatic heterocycles. The van der Waals surface area contributed by atoms with Crippen LogP contribution in [0, 0.1) is 17.2 Å². The normalized spacial score (nSPS) is 13.0. The number of hydrogen-bond donors (Lipinski definition) is 1. The van der Waals surface area contributed by atoms with Crippen molar-refractivity contribution in [1.82, 2.24) is 4.98 Å². The second kappa shape index (κ2) is 6.15. The van der Waals surface area contributed by atoms with Gasteiger partial charge in [-0.25, -0.2) is 4.98 Å². The zero-order valence-corrected chi connectivity index (χ0v) is 11.9. The first kappa shape index (κ1) is 14.5. The van der Waals surface area contributed by atoms with Crippen LogP contribution in [0.4, 0.5) is 5.82 Å². The van der Waals surface area contributed by atoms with Crippen molar-refractivity contribution >= 4 is 17.5 Å². The van der Waals surface area contributed by atoms with Gasteiger partial charge in [-0.1, -0.05) is 6.07 Å². The van der Waals surface area contributed by atoms with Crippen LogP contribution >= 0.6 is 0 Å². The van der Waals surface area contributed by atoms with E-state index in [9.17, 15) is 14.9 Å². The van der Waals surface area contributed by atoms with Crippen molar-refractivity contribution in [3.63, 3.8) is 0 Å². The van der Waals surface area contributed by atoms with Crippen LogP contribution in [0.25, 0.3) is 0 Å². The van der Waals surface area contributed by atoms with E-state index in [4.69, 9.17) is 9.47 Å². The molecular formula is C16H11N3O4. The first-order chi connectivity index (χ1) is 11.2. The first-order valence-corrected chi connectivity index (χ1v) is 6.74. The highest BCUT2D eigenvalue weighted by molar-refractivity contribution is 6.15. The van der Waals surface area contributed by atoms with E-state index in [1.165, 1.54) is 18.3 Å². The molecule has 0 saturated heterocycles. The Bertz CT molecular complexity index is 799. The molecule has 23 heavy (non-hydrogen) atoms. The summed E-state index contributed by atoms with van der Waals surface area (Å²) in [5.41, 5.74) is 0.206. The number of carbonyl (C=O) groups is 2. The topological polar surface area (TPSA) is 101 Å². The summed E-state index contributed by atoms with van der Waals surface area (Å²) in [6.07, 6.45) is 1.50. The summed E-state index contributed by atoms with van der Waals surface area (Å²) < 4.78 is 10.4. The van der Waals surface area contributed by atoms with Crippen LogP contribution in [-0.4, -0.2) is 23.5 Å². The summed E-state index contributed by atoms with van der Waals surface area (Å²) in [5, 5.41) is 11.6. The summed E-state index contributed by atoms with van der Waals surface area (Å²) in [6, 6.07) is 11.2. The number of hydrogen-bond acceptors (Lipinski definition) is 6. The van der Waals surface area contributed by atoms with E-state index in [0.29, 0.717) is 11.5 Å². The molecule has 2 aromatic rings. The van der Waals surface area contributed by atoms with Gasteiger partial charge in [-0.2, -0.15) is 5.26 Å². The quantitative estimate of drug-likeness (QED) is 0.682. The predicted octanol–water partition coefficient (Wildman–Crippen LogP) is 1.77. The summed E-state index contributed by atoms with van der Waals surface area (Å²) in [7, 11) is 0. The molecule has 7 nitrogen and oxygen atoms in total. The van der Waals surface area contributed by atoms with Crippen LogP contribution in [0.3, 0.4) is 0 Å². The number of ether oxygens (including phenoxy) is 2. The van der Waals surface area contributed by atoms with Gasteiger partial charge in [0.15, 0.2) is 23.2 Å². The Kier molecular flexibility index (Phi) is 3.89. The number of ketones is 1. The van der Waals surface area contributed by atoms with Gasteiger partial charge in [0.05, 0.1) is 6.07 Å². The van der Waals surface area contributed by atoms with Crippen LogP contribution in [-0.2, 0) is 4.79 Å². The third-order valence-corrected chi connectivity index (χ3v) is 3.23. The zero-order valence-electron chi connectivity index (χ0n) is 11.9. The van der Waals surface area contributed by atoms with Gasteiger partial charge in [0.25, 0.3) is 5.91 Å². The van der Waals surface area contributed by atoms with Crippen molar-refractivity contribution in [2.45, 2.75) is 0 Å². The fourth-order valence-corrected chi connectivity index (χ4v) is 2.09. The molecule has 114 valence electrons. The average molecular weight is 309 g/mol. The van der Waals surface area contributed by atoms with Gasteiger partial charge in [-0.3, -0.25) is 9.59 Å². The minimum atomic E-state index is -1.47. The molecule has 1 aliphatic rings. The molecule has 1 aliphatic heterocycles.